The van der Waals surface area contributed by atoms with Crippen LogP contribution >= 0.6 is 45.2 Å². The molecule has 0 aromatic heterocycles. The second-order valence-electron chi connectivity index (χ2n) is 1.64. The van der Waals surface area contributed by atoms with E-state index < -0.39 is 0 Å². The van der Waals surface area contributed by atoms with E-state index in [1.165, 1.54) is 0 Å². The van der Waals surface area contributed by atoms with Crippen molar-refractivity contribution in [1.29, 1.82) is 0 Å². The molecule has 0 bridgehead atoms. The molecule has 0 N–H and O–H groups in total. The molecule has 0 aromatic rings. The van der Waals surface area contributed by atoms with Crippen LogP contribution in [0.5, 0.6) is 0 Å². The fourth-order valence-electron chi connectivity index (χ4n) is 0.356. The molecule has 0 fully saturated rings. The van der Waals surface area contributed by atoms with Gasteiger partial charge in [0.25, 0.3) is 0 Å². The molecule has 0 aromatic carbocycles. The summed E-state index contributed by atoms with van der Waals surface area (Å²) < 4.78 is 6.80. The molecular weight excluding hydrogens is 330 g/mol. The molecular formula is C5H10I2O. The van der Waals surface area contributed by atoms with Gasteiger partial charge in [-0.25, -0.2) is 0 Å². The fourth-order valence-corrected chi connectivity index (χ4v) is 1.07. The van der Waals surface area contributed by atoms with Crippen LogP contribution in [0.4, 0.5) is 0 Å². The van der Waals surface area contributed by atoms with Crippen LogP contribution in [-0.2, 0) is 4.74 Å². The summed E-state index contributed by atoms with van der Waals surface area (Å²) in [4.78, 5) is 0. The van der Waals surface area contributed by atoms with Gasteiger partial charge in [-0.3, -0.25) is 0 Å². The molecule has 2 unspecified atom stereocenters. The van der Waals surface area contributed by atoms with Crippen LogP contribution in [0, 0.1) is 0 Å². The Bertz CT molecular complexity index is 56.4. The zero-order chi connectivity index (χ0) is 6.57. The Labute approximate surface area is 77.8 Å². The molecule has 0 aliphatic carbocycles. The smallest absolute Gasteiger partial charge is 0.106 e. The number of alkyl halides is 2. The summed E-state index contributed by atoms with van der Waals surface area (Å²) in [6.45, 7) is 4.13. The van der Waals surface area contributed by atoms with E-state index in [0.717, 1.165) is 4.43 Å². The Kier molecular flexibility index (Phi) is 6.15. The third kappa shape index (κ3) is 5.55. The van der Waals surface area contributed by atoms with Gasteiger partial charge < -0.3 is 4.74 Å². The lowest BCUT2D eigenvalue weighted by Gasteiger charge is -2.10. The second kappa shape index (κ2) is 5.22. The van der Waals surface area contributed by atoms with Gasteiger partial charge in [-0.15, -0.1) is 0 Å². The molecule has 50 valence electrons. The van der Waals surface area contributed by atoms with Crippen molar-refractivity contribution in [3.8, 4) is 0 Å². The Morgan fingerprint density at radius 1 is 1.50 bits per heavy atom. The van der Waals surface area contributed by atoms with E-state index in [-0.39, 0.29) is 0 Å². The summed E-state index contributed by atoms with van der Waals surface area (Å²) in [5.74, 6) is 0. The SMILES string of the molecule is CC(I)OC(C)CI. The van der Waals surface area contributed by atoms with E-state index in [1.54, 1.807) is 0 Å². The summed E-state index contributed by atoms with van der Waals surface area (Å²) in [5, 5.41) is 0. The van der Waals surface area contributed by atoms with Crippen molar-refractivity contribution >= 4 is 45.2 Å². The lowest BCUT2D eigenvalue weighted by molar-refractivity contribution is 0.0833. The Morgan fingerprint density at radius 2 is 2.00 bits per heavy atom. The Morgan fingerprint density at radius 3 is 2.12 bits per heavy atom. The van der Waals surface area contributed by atoms with E-state index >= 15 is 0 Å². The van der Waals surface area contributed by atoms with Crippen molar-refractivity contribution < 1.29 is 4.74 Å². The van der Waals surface area contributed by atoms with Gasteiger partial charge >= 0.3 is 0 Å². The van der Waals surface area contributed by atoms with Crippen molar-refractivity contribution in [3.05, 3.63) is 0 Å². The first-order valence-electron chi connectivity index (χ1n) is 2.52. The summed E-state index contributed by atoms with van der Waals surface area (Å²) in [6.07, 6.45) is 0.405. The van der Waals surface area contributed by atoms with Crippen LogP contribution in [0.1, 0.15) is 13.8 Å². The number of hydrogen-bond donors (Lipinski definition) is 0. The zero-order valence-corrected chi connectivity index (χ0v) is 9.34. The molecule has 0 amide bonds. The van der Waals surface area contributed by atoms with Crippen LogP contribution in [0.3, 0.4) is 0 Å². The molecule has 2 atom stereocenters. The highest BCUT2D eigenvalue weighted by Gasteiger charge is 2.01. The van der Waals surface area contributed by atoms with Crippen LogP contribution in [0.15, 0.2) is 0 Å². The lowest BCUT2D eigenvalue weighted by Crippen LogP contribution is -2.12. The van der Waals surface area contributed by atoms with Crippen LogP contribution in [0.2, 0.25) is 0 Å². The van der Waals surface area contributed by atoms with Gasteiger partial charge in [-0.1, -0.05) is 45.2 Å². The van der Waals surface area contributed by atoms with Crippen molar-refractivity contribution in [2.24, 2.45) is 0 Å². The molecule has 3 heteroatoms. The third-order valence-electron chi connectivity index (χ3n) is 0.637. The standard InChI is InChI=1S/C5H10I2O/c1-4(3-6)8-5(2)7/h4-5H,3H2,1-2H3. The van der Waals surface area contributed by atoms with E-state index in [9.17, 15) is 0 Å². The van der Waals surface area contributed by atoms with Gasteiger partial charge in [-0.2, -0.15) is 0 Å². The van der Waals surface area contributed by atoms with Crippen LogP contribution in [0.25, 0.3) is 0 Å². The molecule has 0 radical (unpaired) electrons. The van der Waals surface area contributed by atoms with E-state index in [0.29, 0.717) is 10.2 Å². The average Bonchev–Trinajstić information content (AvgIpc) is 1.65. The third-order valence-corrected chi connectivity index (χ3v) is 2.17. The molecule has 0 heterocycles. The molecule has 0 aliphatic heterocycles. The van der Waals surface area contributed by atoms with Gasteiger partial charge in [-0.05, 0) is 13.8 Å². The van der Waals surface area contributed by atoms with Crippen molar-refractivity contribution in [3.63, 3.8) is 0 Å². The molecule has 0 rings (SSSR count). The van der Waals surface area contributed by atoms with E-state index in [4.69, 9.17) is 4.74 Å². The van der Waals surface area contributed by atoms with Gasteiger partial charge in [0.2, 0.25) is 0 Å². The lowest BCUT2D eigenvalue weighted by atomic mass is 10.5. The predicted molar refractivity (Wildman–Crippen MR) is 52.9 cm³/mol. The maximum atomic E-state index is 5.38. The summed E-state index contributed by atoms with van der Waals surface area (Å²) in [5.41, 5.74) is 0. The minimum Gasteiger partial charge on any atom is -0.364 e. The summed E-state index contributed by atoms with van der Waals surface area (Å²) >= 11 is 4.57. The maximum absolute atomic E-state index is 5.38. The minimum absolute atomic E-state index is 0.345. The quantitative estimate of drug-likeness (QED) is 0.567. The van der Waals surface area contributed by atoms with Crippen LogP contribution in [-0.4, -0.2) is 14.6 Å². The highest BCUT2D eigenvalue weighted by atomic mass is 127. The minimum atomic E-state index is 0.345. The van der Waals surface area contributed by atoms with Crippen molar-refractivity contribution in [2.45, 2.75) is 24.1 Å². The Balaban J connectivity index is 3.10. The molecule has 0 saturated heterocycles. The molecule has 0 saturated carbocycles. The molecule has 1 nitrogen and oxygen atoms in total. The van der Waals surface area contributed by atoms with Crippen molar-refractivity contribution in [1.82, 2.24) is 0 Å². The normalized spacial score (nSPS) is 18.0. The first kappa shape index (κ1) is 9.42. The topological polar surface area (TPSA) is 9.23 Å². The first-order chi connectivity index (χ1) is 3.66. The van der Waals surface area contributed by atoms with Gasteiger partial charge in [0, 0.05) is 4.43 Å². The summed E-state index contributed by atoms with van der Waals surface area (Å²) in [6, 6.07) is 0. The van der Waals surface area contributed by atoms with Gasteiger partial charge in [0.1, 0.15) is 4.11 Å². The monoisotopic (exact) mass is 340 g/mol. The van der Waals surface area contributed by atoms with E-state index in [2.05, 4.69) is 52.1 Å². The Hall–Kier alpha value is 1.42. The largest absolute Gasteiger partial charge is 0.364 e. The first-order valence-corrected chi connectivity index (χ1v) is 5.29. The number of ether oxygens (including phenoxy) is 1. The zero-order valence-electron chi connectivity index (χ0n) is 5.03. The van der Waals surface area contributed by atoms with Gasteiger partial charge in [0.15, 0.2) is 0 Å². The van der Waals surface area contributed by atoms with Crippen molar-refractivity contribution in [2.75, 3.05) is 4.43 Å². The van der Waals surface area contributed by atoms with Crippen LogP contribution < -0.4 is 0 Å². The fraction of sp³-hybridized carbons (Fsp3) is 1.00. The maximum Gasteiger partial charge on any atom is 0.106 e. The number of hydrogen-bond acceptors (Lipinski definition) is 1. The molecule has 0 aliphatic rings. The average molecular weight is 340 g/mol. The predicted octanol–water partition coefficient (Wildman–Crippen LogP) is 2.61. The van der Waals surface area contributed by atoms with E-state index in [1.807, 2.05) is 6.92 Å². The number of halogens is 2. The summed E-state index contributed by atoms with van der Waals surface area (Å²) in [7, 11) is 0. The molecule has 8 heavy (non-hydrogen) atoms. The number of rotatable bonds is 3. The highest BCUT2D eigenvalue weighted by molar-refractivity contribution is 14.1. The molecule has 0 spiro atoms. The second-order valence-corrected chi connectivity index (χ2v) is 4.28. The van der Waals surface area contributed by atoms with Gasteiger partial charge in [0.05, 0.1) is 6.10 Å². The highest BCUT2D eigenvalue weighted by Crippen LogP contribution is 2.06.